The molecule has 0 aliphatic rings. The molecule has 0 saturated heterocycles. The summed E-state index contributed by atoms with van der Waals surface area (Å²) in [6.07, 6.45) is 0. The molecule has 2 N–H and O–H groups in total. The van der Waals surface area contributed by atoms with E-state index in [2.05, 4.69) is 21.7 Å². The van der Waals surface area contributed by atoms with Gasteiger partial charge in [-0.3, -0.25) is 10.1 Å². The number of para-hydroxylation sites is 1. The van der Waals surface area contributed by atoms with Crippen molar-refractivity contribution in [3.05, 3.63) is 29.3 Å². The lowest BCUT2D eigenvalue weighted by Crippen LogP contribution is -2.36. The summed E-state index contributed by atoms with van der Waals surface area (Å²) in [5.74, 6) is -0.0324. The minimum Gasteiger partial charge on any atom is -0.383 e. The molecule has 0 spiro atoms. The molecule has 1 amide bonds. The van der Waals surface area contributed by atoms with E-state index in [-0.39, 0.29) is 18.5 Å². The number of fused-ring (bicyclic) bond motifs is 1. The molecular formula is C14H19N3O2S. The van der Waals surface area contributed by atoms with Crippen LogP contribution < -0.4 is 10.6 Å². The highest BCUT2D eigenvalue weighted by Gasteiger charge is 2.12. The van der Waals surface area contributed by atoms with Gasteiger partial charge in [-0.2, -0.15) is 0 Å². The Balaban J connectivity index is 1.85. The van der Waals surface area contributed by atoms with E-state index in [1.807, 2.05) is 25.1 Å². The summed E-state index contributed by atoms with van der Waals surface area (Å²) < 4.78 is 6.04. The van der Waals surface area contributed by atoms with Crippen molar-refractivity contribution in [2.75, 3.05) is 26.8 Å². The minimum atomic E-state index is -0.0324. The molecule has 0 bridgehead atoms. The van der Waals surface area contributed by atoms with Crippen LogP contribution in [0, 0.1) is 0 Å². The monoisotopic (exact) mass is 293 g/mol. The number of nitrogens with zero attached hydrogens (tertiary/aromatic N) is 1. The van der Waals surface area contributed by atoms with Crippen LogP contribution in [0.1, 0.15) is 18.0 Å². The molecule has 0 aliphatic carbocycles. The van der Waals surface area contributed by atoms with Crippen molar-refractivity contribution in [2.45, 2.75) is 13.0 Å². The summed E-state index contributed by atoms with van der Waals surface area (Å²) in [6.45, 7) is 3.35. The fourth-order valence-electron chi connectivity index (χ4n) is 1.76. The van der Waals surface area contributed by atoms with Gasteiger partial charge in [-0.1, -0.05) is 12.1 Å². The molecule has 0 radical (unpaired) electrons. The van der Waals surface area contributed by atoms with E-state index in [9.17, 15) is 4.79 Å². The topological polar surface area (TPSA) is 63.2 Å². The second-order valence-electron chi connectivity index (χ2n) is 4.47. The third kappa shape index (κ3) is 4.00. The highest BCUT2D eigenvalue weighted by Crippen LogP contribution is 2.25. The Morgan fingerprint density at radius 1 is 1.45 bits per heavy atom. The number of hydrogen-bond acceptors (Lipinski definition) is 5. The third-order valence-electron chi connectivity index (χ3n) is 2.88. The predicted octanol–water partition coefficient (Wildman–Crippen LogP) is 1.71. The Morgan fingerprint density at radius 2 is 2.25 bits per heavy atom. The number of carbonyl (C=O) groups excluding carboxylic acids is 1. The summed E-state index contributed by atoms with van der Waals surface area (Å²) >= 11 is 1.65. The van der Waals surface area contributed by atoms with Crippen molar-refractivity contribution in [1.82, 2.24) is 15.6 Å². The first-order valence-electron chi connectivity index (χ1n) is 6.55. The second kappa shape index (κ2) is 7.33. The van der Waals surface area contributed by atoms with Gasteiger partial charge in [0.1, 0.15) is 5.01 Å². The summed E-state index contributed by atoms with van der Waals surface area (Å²) in [5.41, 5.74) is 1.01. The maximum Gasteiger partial charge on any atom is 0.234 e. The number of carbonyl (C=O) groups is 1. The van der Waals surface area contributed by atoms with Gasteiger partial charge in [0, 0.05) is 13.7 Å². The number of ether oxygens (including phenoxy) is 1. The van der Waals surface area contributed by atoms with E-state index in [0.717, 1.165) is 10.5 Å². The highest BCUT2D eigenvalue weighted by atomic mass is 32.1. The van der Waals surface area contributed by atoms with Gasteiger partial charge in [0.05, 0.1) is 29.4 Å². The number of methoxy groups -OCH3 is 1. The van der Waals surface area contributed by atoms with Crippen molar-refractivity contribution >= 4 is 27.5 Å². The van der Waals surface area contributed by atoms with Crippen LogP contribution in [0.4, 0.5) is 0 Å². The Hall–Kier alpha value is -1.50. The Kier molecular flexibility index (Phi) is 5.46. The average Bonchev–Trinajstić information content (AvgIpc) is 2.89. The molecule has 2 aromatic rings. The van der Waals surface area contributed by atoms with Crippen molar-refractivity contribution in [3.63, 3.8) is 0 Å². The fraction of sp³-hybridized carbons (Fsp3) is 0.429. The third-order valence-corrected chi connectivity index (χ3v) is 4.10. The van der Waals surface area contributed by atoms with Crippen LogP contribution >= 0.6 is 11.3 Å². The molecule has 6 heteroatoms. The molecule has 1 aromatic carbocycles. The lowest BCUT2D eigenvalue weighted by Gasteiger charge is -2.10. The zero-order chi connectivity index (χ0) is 14.4. The predicted molar refractivity (Wildman–Crippen MR) is 80.9 cm³/mol. The van der Waals surface area contributed by atoms with E-state index in [4.69, 9.17) is 4.74 Å². The normalized spacial score (nSPS) is 12.5. The zero-order valence-electron chi connectivity index (χ0n) is 11.7. The van der Waals surface area contributed by atoms with Crippen LogP contribution in [0.2, 0.25) is 0 Å². The van der Waals surface area contributed by atoms with Crippen molar-refractivity contribution in [1.29, 1.82) is 0 Å². The SMILES string of the molecule is COCCNC(=O)CNC(C)c1nc2ccccc2s1. The second-order valence-corrected chi connectivity index (χ2v) is 5.53. The number of aromatic nitrogens is 1. The summed E-state index contributed by atoms with van der Waals surface area (Å²) in [4.78, 5) is 16.1. The molecule has 0 saturated carbocycles. The van der Waals surface area contributed by atoms with Gasteiger partial charge in [-0.15, -0.1) is 11.3 Å². The summed E-state index contributed by atoms with van der Waals surface area (Å²) in [6, 6.07) is 8.10. The average molecular weight is 293 g/mol. The molecule has 0 fully saturated rings. The smallest absolute Gasteiger partial charge is 0.234 e. The molecular weight excluding hydrogens is 274 g/mol. The maximum absolute atomic E-state index is 11.6. The van der Waals surface area contributed by atoms with Crippen LogP contribution in [0.5, 0.6) is 0 Å². The Bertz CT molecular complexity index is 537. The Morgan fingerprint density at radius 3 is 3.00 bits per heavy atom. The van der Waals surface area contributed by atoms with Crippen molar-refractivity contribution in [3.8, 4) is 0 Å². The minimum absolute atomic E-state index is 0.0324. The molecule has 1 heterocycles. The van der Waals surface area contributed by atoms with E-state index in [1.165, 1.54) is 4.70 Å². The molecule has 0 aliphatic heterocycles. The van der Waals surface area contributed by atoms with Gasteiger partial charge in [0.25, 0.3) is 0 Å². The van der Waals surface area contributed by atoms with E-state index in [1.54, 1.807) is 18.4 Å². The standard InChI is InChI=1S/C14H19N3O2S/c1-10(16-9-13(18)15-7-8-19-2)14-17-11-5-3-4-6-12(11)20-14/h3-6,10,16H,7-9H2,1-2H3,(H,15,18). The summed E-state index contributed by atoms with van der Waals surface area (Å²) in [5, 5.41) is 6.95. The van der Waals surface area contributed by atoms with Gasteiger partial charge in [0.2, 0.25) is 5.91 Å². The van der Waals surface area contributed by atoms with Crippen LogP contribution in [0.3, 0.4) is 0 Å². The van der Waals surface area contributed by atoms with Crippen molar-refractivity contribution < 1.29 is 9.53 Å². The van der Waals surface area contributed by atoms with Gasteiger partial charge in [-0.05, 0) is 19.1 Å². The first kappa shape index (κ1) is 14.9. The molecule has 1 atom stereocenters. The number of rotatable bonds is 7. The summed E-state index contributed by atoms with van der Waals surface area (Å²) in [7, 11) is 1.61. The number of nitrogens with one attached hydrogen (secondary N) is 2. The van der Waals surface area contributed by atoms with E-state index < -0.39 is 0 Å². The highest BCUT2D eigenvalue weighted by molar-refractivity contribution is 7.18. The number of benzene rings is 1. The van der Waals surface area contributed by atoms with Gasteiger partial charge in [-0.25, -0.2) is 4.98 Å². The number of amides is 1. The zero-order valence-corrected chi connectivity index (χ0v) is 12.5. The van der Waals surface area contributed by atoms with Crippen LogP contribution in [-0.2, 0) is 9.53 Å². The largest absolute Gasteiger partial charge is 0.383 e. The first-order chi connectivity index (χ1) is 9.70. The van der Waals surface area contributed by atoms with Gasteiger partial charge >= 0.3 is 0 Å². The molecule has 108 valence electrons. The quantitative estimate of drug-likeness (QED) is 0.763. The molecule has 1 aromatic heterocycles. The maximum atomic E-state index is 11.6. The van der Waals surface area contributed by atoms with Crippen molar-refractivity contribution in [2.24, 2.45) is 0 Å². The molecule has 5 nitrogen and oxygen atoms in total. The van der Waals surface area contributed by atoms with Crippen LogP contribution in [0.15, 0.2) is 24.3 Å². The lowest BCUT2D eigenvalue weighted by atomic mass is 10.3. The fourth-order valence-corrected chi connectivity index (χ4v) is 2.76. The van der Waals surface area contributed by atoms with E-state index in [0.29, 0.717) is 13.2 Å². The lowest BCUT2D eigenvalue weighted by molar-refractivity contribution is -0.120. The van der Waals surface area contributed by atoms with Gasteiger partial charge in [0.15, 0.2) is 0 Å². The first-order valence-corrected chi connectivity index (χ1v) is 7.37. The molecule has 1 unspecified atom stereocenters. The molecule has 20 heavy (non-hydrogen) atoms. The van der Waals surface area contributed by atoms with E-state index >= 15 is 0 Å². The number of thiazole rings is 1. The Labute approximate surface area is 122 Å². The van der Waals surface area contributed by atoms with Crippen LogP contribution in [0.25, 0.3) is 10.2 Å². The van der Waals surface area contributed by atoms with Gasteiger partial charge < -0.3 is 10.1 Å². The van der Waals surface area contributed by atoms with Crippen LogP contribution in [-0.4, -0.2) is 37.7 Å². The molecule has 2 rings (SSSR count). The number of hydrogen-bond donors (Lipinski definition) is 2.